The number of carboxylic acid groups (broad SMARTS) is 1. The maximum Gasteiger partial charge on any atom is 0.488 e. The normalized spacial score (nSPS) is 17.5. The summed E-state index contributed by atoms with van der Waals surface area (Å²) >= 11 is 1.76. The molecule has 1 saturated heterocycles. The highest BCUT2D eigenvalue weighted by molar-refractivity contribution is 8.00. The highest BCUT2D eigenvalue weighted by Crippen LogP contribution is 2.28. The van der Waals surface area contributed by atoms with Gasteiger partial charge < -0.3 is 20.5 Å². The molecule has 6 nitrogen and oxygen atoms in total. The Morgan fingerprint density at radius 2 is 2.10 bits per heavy atom. The number of carbonyl (C=O) groups is 2. The Morgan fingerprint density at radius 1 is 1.33 bits per heavy atom. The number of anilines is 1. The van der Waals surface area contributed by atoms with Gasteiger partial charge in [-0.05, 0) is 42.3 Å². The van der Waals surface area contributed by atoms with Gasteiger partial charge in [-0.1, -0.05) is 0 Å². The maximum atomic E-state index is 11.9. The smallest absolute Gasteiger partial charge is 0.478 e. The largest absolute Gasteiger partial charge is 0.488 e. The number of thioether (sulfide) groups is 1. The molecule has 1 amide bonds. The summed E-state index contributed by atoms with van der Waals surface area (Å²) in [5.74, 6) is -0.331. The first-order chi connectivity index (χ1) is 9.95. The van der Waals surface area contributed by atoms with Gasteiger partial charge in [-0.2, -0.15) is 11.8 Å². The number of amides is 1. The summed E-state index contributed by atoms with van der Waals surface area (Å²) in [6, 6.07) is 3.82. The molecular weight excluding hydrogens is 293 g/mol. The number of benzene rings is 1. The summed E-state index contributed by atoms with van der Waals surface area (Å²) in [6.45, 7) is 0. The molecule has 0 aromatic heterocycles. The van der Waals surface area contributed by atoms with E-state index in [1.165, 1.54) is 12.1 Å². The van der Waals surface area contributed by atoms with Crippen molar-refractivity contribution in [2.45, 2.75) is 24.5 Å². The van der Waals surface area contributed by atoms with Gasteiger partial charge in [0.25, 0.3) is 0 Å². The van der Waals surface area contributed by atoms with E-state index in [1.54, 1.807) is 11.8 Å². The van der Waals surface area contributed by atoms with E-state index in [9.17, 15) is 9.59 Å². The molecule has 1 atom stereocenters. The summed E-state index contributed by atoms with van der Waals surface area (Å²) in [5, 5.41) is 30.3. The molecular formula is C13H16BNO5S. The highest BCUT2D eigenvalue weighted by Gasteiger charge is 2.20. The third kappa shape index (κ3) is 4.49. The number of carboxylic acids is 1. The van der Waals surface area contributed by atoms with Crippen LogP contribution in [0.4, 0.5) is 5.69 Å². The predicted molar refractivity (Wildman–Crippen MR) is 82.0 cm³/mol. The van der Waals surface area contributed by atoms with Crippen LogP contribution in [-0.4, -0.2) is 45.2 Å². The molecule has 4 N–H and O–H groups in total. The van der Waals surface area contributed by atoms with Crippen molar-refractivity contribution in [1.82, 2.24) is 0 Å². The molecule has 1 aliphatic rings. The molecule has 1 fully saturated rings. The molecule has 0 radical (unpaired) electrons. The van der Waals surface area contributed by atoms with Gasteiger partial charge in [0, 0.05) is 17.4 Å². The van der Waals surface area contributed by atoms with Gasteiger partial charge in [-0.3, -0.25) is 4.79 Å². The summed E-state index contributed by atoms with van der Waals surface area (Å²) in [7, 11) is -1.79. The van der Waals surface area contributed by atoms with E-state index < -0.39 is 13.1 Å². The SMILES string of the molecule is O=C(CC1CCCS1)Nc1cc(B(O)O)cc(C(=O)O)c1. The summed E-state index contributed by atoms with van der Waals surface area (Å²) in [6.07, 6.45) is 2.49. The van der Waals surface area contributed by atoms with Gasteiger partial charge in [0.2, 0.25) is 5.91 Å². The molecule has 1 heterocycles. The average Bonchev–Trinajstić information content (AvgIpc) is 2.90. The highest BCUT2D eigenvalue weighted by atomic mass is 32.2. The van der Waals surface area contributed by atoms with E-state index in [-0.39, 0.29) is 22.6 Å². The van der Waals surface area contributed by atoms with Gasteiger partial charge in [0.1, 0.15) is 0 Å². The lowest BCUT2D eigenvalue weighted by atomic mass is 9.79. The molecule has 0 bridgehead atoms. The predicted octanol–water partition coefficient (Wildman–Crippen LogP) is 0.289. The first-order valence-corrected chi connectivity index (χ1v) is 7.66. The molecule has 112 valence electrons. The summed E-state index contributed by atoms with van der Waals surface area (Å²) < 4.78 is 0. The van der Waals surface area contributed by atoms with Gasteiger partial charge in [0.15, 0.2) is 0 Å². The molecule has 1 aromatic rings. The van der Waals surface area contributed by atoms with Crippen LogP contribution >= 0.6 is 11.8 Å². The number of hydrogen-bond acceptors (Lipinski definition) is 5. The Balaban J connectivity index is 2.10. The fourth-order valence-electron chi connectivity index (χ4n) is 2.22. The zero-order valence-electron chi connectivity index (χ0n) is 11.3. The van der Waals surface area contributed by atoms with Crippen molar-refractivity contribution in [2.24, 2.45) is 0 Å². The first-order valence-electron chi connectivity index (χ1n) is 6.61. The van der Waals surface area contributed by atoms with Crippen LogP contribution < -0.4 is 10.8 Å². The van der Waals surface area contributed by atoms with Crippen LogP contribution in [0, 0.1) is 0 Å². The van der Waals surface area contributed by atoms with Crippen LogP contribution in [-0.2, 0) is 4.79 Å². The minimum absolute atomic E-state index is 0.0282. The van der Waals surface area contributed by atoms with E-state index in [4.69, 9.17) is 15.2 Å². The van der Waals surface area contributed by atoms with E-state index in [0.717, 1.165) is 24.7 Å². The van der Waals surface area contributed by atoms with Crippen molar-refractivity contribution in [3.05, 3.63) is 23.8 Å². The first kappa shape index (κ1) is 15.9. The molecule has 0 aliphatic carbocycles. The van der Waals surface area contributed by atoms with E-state index in [1.807, 2.05) is 0 Å². The molecule has 1 aromatic carbocycles. The van der Waals surface area contributed by atoms with Gasteiger partial charge in [0.05, 0.1) is 5.56 Å². The lowest BCUT2D eigenvalue weighted by molar-refractivity contribution is -0.116. The second kappa shape index (κ2) is 6.97. The van der Waals surface area contributed by atoms with Crippen LogP contribution in [0.3, 0.4) is 0 Å². The van der Waals surface area contributed by atoms with Crippen molar-refractivity contribution in [3.8, 4) is 0 Å². The van der Waals surface area contributed by atoms with E-state index in [2.05, 4.69) is 5.32 Å². The van der Waals surface area contributed by atoms with Crippen molar-refractivity contribution < 1.29 is 24.7 Å². The number of nitrogens with one attached hydrogen (secondary N) is 1. The Kier molecular flexibility index (Phi) is 5.27. The van der Waals surface area contributed by atoms with Gasteiger partial charge in [-0.25, -0.2) is 4.79 Å². The summed E-state index contributed by atoms with van der Waals surface area (Å²) in [5.41, 5.74) is 0.178. The molecule has 1 aliphatic heterocycles. The molecule has 2 rings (SSSR count). The van der Waals surface area contributed by atoms with Crippen LogP contribution in [0.2, 0.25) is 0 Å². The summed E-state index contributed by atoms with van der Waals surface area (Å²) in [4.78, 5) is 22.9. The van der Waals surface area contributed by atoms with Gasteiger partial charge in [-0.15, -0.1) is 0 Å². The Labute approximate surface area is 126 Å². The fourth-order valence-corrected chi connectivity index (χ4v) is 3.49. The number of aromatic carboxylic acids is 1. The number of carbonyl (C=O) groups excluding carboxylic acids is 1. The maximum absolute atomic E-state index is 11.9. The number of rotatable bonds is 5. The van der Waals surface area contributed by atoms with E-state index in [0.29, 0.717) is 11.7 Å². The second-order valence-corrected chi connectivity index (χ2v) is 6.32. The molecule has 0 saturated carbocycles. The standard InChI is InChI=1S/C13H16BNO5S/c16-12(7-11-2-1-3-21-11)15-10-5-8(13(17)18)4-9(6-10)14(19)20/h4-6,11,19-20H,1-3,7H2,(H,15,16)(H,17,18). The second-order valence-electron chi connectivity index (χ2n) is 4.91. The van der Waals surface area contributed by atoms with Gasteiger partial charge >= 0.3 is 13.1 Å². The number of hydrogen-bond donors (Lipinski definition) is 4. The average molecular weight is 309 g/mol. The third-order valence-corrected chi connectivity index (χ3v) is 4.62. The molecule has 21 heavy (non-hydrogen) atoms. The van der Waals surface area contributed by atoms with Crippen molar-refractivity contribution in [2.75, 3.05) is 11.1 Å². The zero-order valence-corrected chi connectivity index (χ0v) is 12.1. The Hall–Kier alpha value is -1.51. The minimum atomic E-state index is -1.79. The van der Waals surface area contributed by atoms with Crippen molar-refractivity contribution in [1.29, 1.82) is 0 Å². The minimum Gasteiger partial charge on any atom is -0.478 e. The zero-order chi connectivity index (χ0) is 15.4. The van der Waals surface area contributed by atoms with Crippen LogP contribution in [0.1, 0.15) is 29.6 Å². The van der Waals surface area contributed by atoms with Crippen molar-refractivity contribution in [3.63, 3.8) is 0 Å². The Morgan fingerprint density at radius 3 is 2.67 bits per heavy atom. The topological polar surface area (TPSA) is 107 Å². The fraction of sp³-hybridized carbons (Fsp3) is 0.385. The molecule has 8 heteroatoms. The van der Waals surface area contributed by atoms with Crippen LogP contribution in [0.25, 0.3) is 0 Å². The van der Waals surface area contributed by atoms with Crippen LogP contribution in [0.15, 0.2) is 18.2 Å². The quantitative estimate of drug-likeness (QED) is 0.582. The Bertz CT molecular complexity index is 545. The van der Waals surface area contributed by atoms with Crippen LogP contribution in [0.5, 0.6) is 0 Å². The third-order valence-electron chi connectivity index (χ3n) is 3.22. The lowest BCUT2D eigenvalue weighted by Gasteiger charge is -2.11. The monoisotopic (exact) mass is 309 g/mol. The van der Waals surface area contributed by atoms with E-state index >= 15 is 0 Å². The van der Waals surface area contributed by atoms with Crippen molar-refractivity contribution >= 4 is 41.9 Å². The molecule has 0 spiro atoms. The molecule has 1 unspecified atom stereocenters. The lowest BCUT2D eigenvalue weighted by Crippen LogP contribution is -2.31.